The van der Waals surface area contributed by atoms with Crippen molar-refractivity contribution in [1.29, 1.82) is 0 Å². The summed E-state index contributed by atoms with van der Waals surface area (Å²) >= 11 is 3.25. The number of pyridine rings is 1. The Balaban J connectivity index is 3.00. The predicted octanol–water partition coefficient (Wildman–Crippen LogP) is 1.84. The van der Waals surface area contributed by atoms with E-state index in [2.05, 4.69) is 25.7 Å². The molecular weight excluding hydrogens is 262 g/mol. The summed E-state index contributed by atoms with van der Waals surface area (Å²) in [5, 5.41) is 0. The molecule has 0 aromatic carbocycles. The van der Waals surface area contributed by atoms with Crippen LogP contribution in [0.25, 0.3) is 0 Å². The summed E-state index contributed by atoms with van der Waals surface area (Å²) in [6.45, 7) is 3.82. The van der Waals surface area contributed by atoms with Gasteiger partial charge in [0.1, 0.15) is 0 Å². The molecule has 0 aliphatic heterocycles. The zero-order chi connectivity index (χ0) is 11.4. The van der Waals surface area contributed by atoms with Gasteiger partial charge in [-0.25, -0.2) is 4.79 Å². The van der Waals surface area contributed by atoms with E-state index in [4.69, 9.17) is 4.74 Å². The van der Waals surface area contributed by atoms with E-state index in [9.17, 15) is 4.79 Å². The topological polar surface area (TPSA) is 49.7 Å². The number of carbonyl (C=O) groups is 1. The summed E-state index contributed by atoms with van der Waals surface area (Å²) in [6, 6.07) is 1.61. The fourth-order valence-electron chi connectivity index (χ4n) is 1.04. The first kappa shape index (κ1) is 12.0. The molecule has 4 nitrogen and oxygen atoms in total. The number of hydrogen-bond donors (Lipinski definition) is 0. The molecule has 0 fully saturated rings. The molecule has 0 bridgehead atoms. The monoisotopic (exact) mass is 274 g/mol. The maximum absolute atomic E-state index is 11.4. The van der Waals surface area contributed by atoms with E-state index in [0.717, 1.165) is 0 Å². The largest absolute Gasteiger partial charge is 0.465 e. The second kappa shape index (κ2) is 5.11. The standard InChI is InChI=1S/C10H12BrNO3/c1-6(2)15-9-4-7(10(13)14-3)8(11)5-12-9/h4-6H,1-3H3/p+1. The quantitative estimate of drug-likeness (QED) is 0.791. The average molecular weight is 275 g/mol. The molecule has 0 saturated heterocycles. The van der Waals surface area contributed by atoms with E-state index < -0.39 is 5.97 Å². The maximum Gasteiger partial charge on any atom is 0.367 e. The molecule has 1 aromatic heterocycles. The number of rotatable bonds is 3. The minimum Gasteiger partial charge on any atom is -0.465 e. The van der Waals surface area contributed by atoms with Crippen molar-refractivity contribution in [2.75, 3.05) is 7.11 Å². The van der Waals surface area contributed by atoms with Gasteiger partial charge in [0.25, 0.3) is 0 Å². The number of halogens is 1. The van der Waals surface area contributed by atoms with Gasteiger partial charge in [-0.2, -0.15) is 4.98 Å². The fourth-order valence-corrected chi connectivity index (χ4v) is 1.43. The molecule has 0 unspecified atom stereocenters. The summed E-state index contributed by atoms with van der Waals surface area (Å²) in [7, 11) is 1.34. The molecule has 0 amide bonds. The Morgan fingerprint density at radius 1 is 1.53 bits per heavy atom. The molecule has 5 heteroatoms. The first-order chi connectivity index (χ1) is 7.04. The van der Waals surface area contributed by atoms with Crippen LogP contribution in [0.3, 0.4) is 0 Å². The Kier molecular flexibility index (Phi) is 4.08. The molecular formula is C10H13BrNO3+. The summed E-state index contributed by atoms with van der Waals surface area (Å²) in [5.41, 5.74) is 0.437. The van der Waals surface area contributed by atoms with Crippen molar-refractivity contribution in [3.8, 4) is 5.88 Å². The number of aromatic nitrogens is 1. The van der Waals surface area contributed by atoms with Crippen molar-refractivity contribution in [1.82, 2.24) is 0 Å². The highest BCUT2D eigenvalue weighted by molar-refractivity contribution is 9.10. The van der Waals surface area contributed by atoms with Crippen LogP contribution in [0, 0.1) is 0 Å². The van der Waals surface area contributed by atoms with E-state index in [1.165, 1.54) is 7.11 Å². The van der Waals surface area contributed by atoms with Crippen LogP contribution in [-0.4, -0.2) is 19.2 Å². The molecule has 15 heavy (non-hydrogen) atoms. The zero-order valence-corrected chi connectivity index (χ0v) is 10.4. The van der Waals surface area contributed by atoms with Gasteiger partial charge in [-0.3, -0.25) is 0 Å². The molecule has 1 aromatic rings. The number of aromatic amines is 1. The van der Waals surface area contributed by atoms with Gasteiger partial charge in [-0.15, -0.1) is 0 Å². The van der Waals surface area contributed by atoms with Crippen molar-refractivity contribution in [2.24, 2.45) is 0 Å². The lowest BCUT2D eigenvalue weighted by atomic mass is 10.3. The molecule has 0 saturated carbocycles. The molecule has 0 spiro atoms. The van der Waals surface area contributed by atoms with Gasteiger partial charge in [0.05, 0.1) is 29.3 Å². The third-order valence-corrected chi connectivity index (χ3v) is 2.30. The zero-order valence-electron chi connectivity index (χ0n) is 8.83. The Labute approximate surface area is 96.7 Å². The van der Waals surface area contributed by atoms with Crippen LogP contribution in [0.2, 0.25) is 0 Å². The van der Waals surface area contributed by atoms with E-state index in [1.54, 1.807) is 12.3 Å². The van der Waals surface area contributed by atoms with E-state index in [-0.39, 0.29) is 6.10 Å². The molecule has 1 rings (SSSR count). The van der Waals surface area contributed by atoms with E-state index >= 15 is 0 Å². The van der Waals surface area contributed by atoms with E-state index in [0.29, 0.717) is 15.9 Å². The minimum absolute atomic E-state index is 0.0490. The Morgan fingerprint density at radius 3 is 2.73 bits per heavy atom. The molecule has 0 radical (unpaired) electrons. The summed E-state index contributed by atoms with van der Waals surface area (Å²) in [4.78, 5) is 14.3. The average Bonchev–Trinajstić information content (AvgIpc) is 2.19. The lowest BCUT2D eigenvalue weighted by molar-refractivity contribution is -0.397. The maximum atomic E-state index is 11.4. The van der Waals surface area contributed by atoms with Crippen LogP contribution in [0.1, 0.15) is 24.2 Å². The predicted molar refractivity (Wildman–Crippen MR) is 57.8 cm³/mol. The van der Waals surface area contributed by atoms with Gasteiger partial charge >= 0.3 is 11.8 Å². The second-order valence-corrected chi connectivity index (χ2v) is 4.07. The van der Waals surface area contributed by atoms with Crippen molar-refractivity contribution in [2.45, 2.75) is 20.0 Å². The minimum atomic E-state index is -0.399. The Morgan fingerprint density at radius 2 is 2.20 bits per heavy atom. The van der Waals surface area contributed by atoms with E-state index in [1.807, 2.05) is 13.8 Å². The number of hydrogen-bond acceptors (Lipinski definition) is 3. The van der Waals surface area contributed by atoms with Crippen molar-refractivity contribution in [3.63, 3.8) is 0 Å². The molecule has 0 aliphatic rings. The van der Waals surface area contributed by atoms with Crippen LogP contribution in [0.4, 0.5) is 0 Å². The smallest absolute Gasteiger partial charge is 0.367 e. The normalized spacial score (nSPS) is 10.2. The SMILES string of the molecule is COC(=O)c1cc(OC(C)C)[nH+]cc1Br. The lowest BCUT2D eigenvalue weighted by Crippen LogP contribution is -2.17. The Bertz CT molecular complexity index is 366. The van der Waals surface area contributed by atoms with Crippen molar-refractivity contribution in [3.05, 3.63) is 22.3 Å². The molecule has 82 valence electrons. The highest BCUT2D eigenvalue weighted by Gasteiger charge is 2.16. The van der Waals surface area contributed by atoms with Crippen molar-refractivity contribution >= 4 is 21.9 Å². The molecule has 0 atom stereocenters. The first-order valence-corrected chi connectivity index (χ1v) is 5.30. The van der Waals surface area contributed by atoms with Crippen LogP contribution in [-0.2, 0) is 4.74 Å². The van der Waals surface area contributed by atoms with Gasteiger partial charge in [0, 0.05) is 0 Å². The van der Waals surface area contributed by atoms with Crippen molar-refractivity contribution < 1.29 is 19.3 Å². The third kappa shape index (κ3) is 3.20. The number of nitrogens with one attached hydrogen (secondary N) is 1. The molecule has 0 aliphatic carbocycles. The number of ether oxygens (including phenoxy) is 2. The van der Waals surface area contributed by atoms with Crippen LogP contribution in [0.15, 0.2) is 16.7 Å². The fraction of sp³-hybridized carbons (Fsp3) is 0.400. The van der Waals surface area contributed by atoms with Gasteiger partial charge in [0.2, 0.25) is 0 Å². The number of methoxy groups -OCH3 is 1. The molecule has 1 heterocycles. The third-order valence-electron chi connectivity index (χ3n) is 1.64. The summed E-state index contributed by atoms with van der Waals surface area (Å²) in [5.74, 6) is 0.137. The highest BCUT2D eigenvalue weighted by Crippen LogP contribution is 2.18. The first-order valence-electron chi connectivity index (χ1n) is 4.50. The van der Waals surface area contributed by atoms with Gasteiger partial charge in [0.15, 0.2) is 6.20 Å². The number of H-pyrrole nitrogens is 1. The van der Waals surface area contributed by atoms with Gasteiger partial charge < -0.3 is 9.47 Å². The number of carbonyl (C=O) groups excluding carboxylic acids is 1. The summed E-state index contributed by atoms with van der Waals surface area (Å²) < 4.78 is 10.7. The van der Waals surface area contributed by atoms with Gasteiger partial charge in [-0.1, -0.05) is 0 Å². The number of esters is 1. The van der Waals surface area contributed by atoms with Crippen LogP contribution >= 0.6 is 15.9 Å². The molecule has 1 N–H and O–H groups in total. The lowest BCUT2D eigenvalue weighted by Gasteiger charge is -2.05. The Hall–Kier alpha value is -1.10. The van der Waals surface area contributed by atoms with Crippen LogP contribution < -0.4 is 9.72 Å². The van der Waals surface area contributed by atoms with Gasteiger partial charge in [-0.05, 0) is 29.8 Å². The summed E-state index contributed by atoms with van der Waals surface area (Å²) in [6.07, 6.45) is 1.69. The highest BCUT2D eigenvalue weighted by atomic mass is 79.9. The van der Waals surface area contributed by atoms with Crippen LogP contribution in [0.5, 0.6) is 5.88 Å². The second-order valence-electron chi connectivity index (χ2n) is 3.22.